The summed E-state index contributed by atoms with van der Waals surface area (Å²) in [7, 11) is 1.72. The zero-order valence-electron chi connectivity index (χ0n) is 12.9. The van der Waals surface area contributed by atoms with Gasteiger partial charge in [-0.15, -0.1) is 0 Å². The molecule has 0 amide bonds. The molecule has 0 radical (unpaired) electrons. The minimum absolute atomic E-state index is 0.591. The fraction of sp³-hybridized carbons (Fsp3) is 0.625. The van der Waals surface area contributed by atoms with E-state index in [0.717, 1.165) is 25.4 Å². The van der Waals surface area contributed by atoms with Gasteiger partial charge in [-0.1, -0.05) is 18.2 Å². The summed E-state index contributed by atoms with van der Waals surface area (Å²) in [5.74, 6) is 0.958. The minimum atomic E-state index is 0.591. The Kier molecular flexibility index (Phi) is 6.89. The Morgan fingerprint density at radius 2 is 1.74 bits per heavy atom. The standard InChI is InChI=1S/C16H28N2O/c1-13(2)18(14(3)4)11-10-17-12-15-8-6-7-9-16(15)19-5/h6-9,13-14,17H,10-12H2,1-5H3. The van der Waals surface area contributed by atoms with E-state index in [2.05, 4.69) is 44.0 Å². The molecule has 0 aliphatic rings. The number of benzene rings is 1. The predicted molar refractivity (Wildman–Crippen MR) is 81.7 cm³/mol. The van der Waals surface area contributed by atoms with E-state index in [-0.39, 0.29) is 0 Å². The van der Waals surface area contributed by atoms with Crippen LogP contribution in [0.5, 0.6) is 5.75 Å². The van der Waals surface area contributed by atoms with Crippen molar-refractivity contribution >= 4 is 0 Å². The molecule has 0 aliphatic carbocycles. The number of methoxy groups -OCH3 is 1. The summed E-state index contributed by atoms with van der Waals surface area (Å²) in [5, 5.41) is 3.49. The highest BCUT2D eigenvalue weighted by Crippen LogP contribution is 2.16. The largest absolute Gasteiger partial charge is 0.496 e. The SMILES string of the molecule is COc1ccccc1CNCCN(C(C)C)C(C)C. The van der Waals surface area contributed by atoms with Crippen molar-refractivity contribution in [2.24, 2.45) is 0 Å². The molecule has 3 nitrogen and oxygen atoms in total. The molecule has 0 fully saturated rings. The third kappa shape index (κ3) is 5.21. The number of nitrogens with zero attached hydrogens (tertiary/aromatic N) is 1. The van der Waals surface area contributed by atoms with Gasteiger partial charge in [-0.05, 0) is 33.8 Å². The van der Waals surface area contributed by atoms with Gasteiger partial charge >= 0.3 is 0 Å². The van der Waals surface area contributed by atoms with Crippen molar-refractivity contribution in [3.05, 3.63) is 29.8 Å². The zero-order chi connectivity index (χ0) is 14.3. The van der Waals surface area contributed by atoms with Crippen LogP contribution in [0.1, 0.15) is 33.3 Å². The van der Waals surface area contributed by atoms with Crippen LogP contribution in [0.15, 0.2) is 24.3 Å². The van der Waals surface area contributed by atoms with Crippen molar-refractivity contribution < 1.29 is 4.74 Å². The van der Waals surface area contributed by atoms with Crippen molar-refractivity contribution in [2.45, 2.75) is 46.3 Å². The molecule has 0 saturated heterocycles. The Balaban J connectivity index is 2.38. The summed E-state index contributed by atoms with van der Waals surface area (Å²) in [6, 6.07) is 9.34. The van der Waals surface area contributed by atoms with E-state index in [0.29, 0.717) is 12.1 Å². The van der Waals surface area contributed by atoms with Crippen LogP contribution in [0, 0.1) is 0 Å². The number of rotatable bonds is 8. The van der Waals surface area contributed by atoms with Gasteiger partial charge in [0.05, 0.1) is 7.11 Å². The number of hydrogen-bond acceptors (Lipinski definition) is 3. The normalized spacial score (nSPS) is 11.6. The van der Waals surface area contributed by atoms with Gasteiger partial charge in [-0.3, -0.25) is 4.90 Å². The molecule has 1 aromatic carbocycles. The summed E-state index contributed by atoms with van der Waals surface area (Å²) < 4.78 is 5.35. The molecule has 1 rings (SSSR count). The first kappa shape index (κ1) is 16.0. The fourth-order valence-corrected chi connectivity index (χ4v) is 2.39. The Bertz CT molecular complexity index is 356. The second kappa shape index (κ2) is 8.18. The van der Waals surface area contributed by atoms with Gasteiger partial charge in [-0.25, -0.2) is 0 Å². The molecule has 0 atom stereocenters. The van der Waals surface area contributed by atoms with Gasteiger partial charge in [0.1, 0.15) is 5.75 Å². The van der Waals surface area contributed by atoms with Gasteiger partial charge in [0.15, 0.2) is 0 Å². The minimum Gasteiger partial charge on any atom is -0.496 e. The smallest absolute Gasteiger partial charge is 0.123 e. The second-order valence-electron chi connectivity index (χ2n) is 5.41. The molecular weight excluding hydrogens is 236 g/mol. The Hall–Kier alpha value is -1.06. The van der Waals surface area contributed by atoms with Gasteiger partial charge in [0.2, 0.25) is 0 Å². The Labute approximate surface area is 118 Å². The quantitative estimate of drug-likeness (QED) is 0.731. The highest BCUT2D eigenvalue weighted by molar-refractivity contribution is 5.32. The molecule has 0 spiro atoms. The van der Waals surface area contributed by atoms with Crippen molar-refractivity contribution in [3.8, 4) is 5.75 Å². The first-order valence-corrected chi connectivity index (χ1v) is 7.14. The van der Waals surface area contributed by atoms with Crippen LogP contribution in [0.2, 0.25) is 0 Å². The lowest BCUT2D eigenvalue weighted by Gasteiger charge is -2.30. The molecule has 1 N–H and O–H groups in total. The van der Waals surface area contributed by atoms with Crippen molar-refractivity contribution in [2.75, 3.05) is 20.2 Å². The number of nitrogens with one attached hydrogen (secondary N) is 1. The molecule has 108 valence electrons. The van der Waals surface area contributed by atoms with Crippen LogP contribution >= 0.6 is 0 Å². The molecular formula is C16H28N2O. The fourth-order valence-electron chi connectivity index (χ4n) is 2.39. The van der Waals surface area contributed by atoms with E-state index < -0.39 is 0 Å². The maximum absolute atomic E-state index is 5.35. The molecule has 0 heterocycles. The van der Waals surface area contributed by atoms with Gasteiger partial charge < -0.3 is 10.1 Å². The van der Waals surface area contributed by atoms with E-state index in [1.165, 1.54) is 5.56 Å². The van der Waals surface area contributed by atoms with Gasteiger partial charge in [0.25, 0.3) is 0 Å². The molecule has 0 aliphatic heterocycles. The highest BCUT2D eigenvalue weighted by Gasteiger charge is 2.12. The topological polar surface area (TPSA) is 24.5 Å². The van der Waals surface area contributed by atoms with Crippen LogP contribution < -0.4 is 10.1 Å². The number of para-hydroxylation sites is 1. The van der Waals surface area contributed by atoms with Crippen molar-refractivity contribution in [1.82, 2.24) is 10.2 Å². The van der Waals surface area contributed by atoms with Crippen LogP contribution in [0.25, 0.3) is 0 Å². The summed E-state index contributed by atoms with van der Waals surface area (Å²) in [6.07, 6.45) is 0. The third-order valence-electron chi connectivity index (χ3n) is 3.38. The molecule has 0 aromatic heterocycles. The maximum atomic E-state index is 5.35. The summed E-state index contributed by atoms with van der Waals surface area (Å²) in [4.78, 5) is 2.50. The second-order valence-corrected chi connectivity index (χ2v) is 5.41. The van der Waals surface area contributed by atoms with E-state index >= 15 is 0 Å². The molecule has 19 heavy (non-hydrogen) atoms. The molecule has 0 unspecified atom stereocenters. The Morgan fingerprint density at radius 1 is 1.11 bits per heavy atom. The first-order chi connectivity index (χ1) is 9.06. The van der Waals surface area contributed by atoms with E-state index in [9.17, 15) is 0 Å². The van der Waals surface area contributed by atoms with Crippen LogP contribution in [0.4, 0.5) is 0 Å². The average Bonchev–Trinajstić information content (AvgIpc) is 2.38. The van der Waals surface area contributed by atoms with Crippen molar-refractivity contribution in [3.63, 3.8) is 0 Å². The predicted octanol–water partition coefficient (Wildman–Crippen LogP) is 2.90. The zero-order valence-corrected chi connectivity index (χ0v) is 12.9. The van der Waals surface area contributed by atoms with E-state index in [1.54, 1.807) is 7.11 Å². The maximum Gasteiger partial charge on any atom is 0.123 e. The van der Waals surface area contributed by atoms with E-state index in [1.807, 2.05) is 18.2 Å². The van der Waals surface area contributed by atoms with Crippen LogP contribution in [0.3, 0.4) is 0 Å². The van der Waals surface area contributed by atoms with Gasteiger partial charge in [-0.2, -0.15) is 0 Å². The lowest BCUT2D eigenvalue weighted by Crippen LogP contribution is -2.41. The summed E-state index contributed by atoms with van der Waals surface area (Å²) >= 11 is 0. The summed E-state index contributed by atoms with van der Waals surface area (Å²) in [5.41, 5.74) is 1.21. The third-order valence-corrected chi connectivity index (χ3v) is 3.38. The molecule has 1 aromatic rings. The highest BCUT2D eigenvalue weighted by atomic mass is 16.5. The average molecular weight is 264 g/mol. The first-order valence-electron chi connectivity index (χ1n) is 7.14. The lowest BCUT2D eigenvalue weighted by molar-refractivity contribution is 0.175. The van der Waals surface area contributed by atoms with Gasteiger partial charge in [0, 0.05) is 37.3 Å². The molecule has 0 saturated carbocycles. The van der Waals surface area contributed by atoms with Crippen molar-refractivity contribution in [1.29, 1.82) is 0 Å². The number of ether oxygens (including phenoxy) is 1. The number of hydrogen-bond donors (Lipinski definition) is 1. The monoisotopic (exact) mass is 264 g/mol. The van der Waals surface area contributed by atoms with E-state index in [4.69, 9.17) is 4.74 Å². The molecule has 0 bridgehead atoms. The van der Waals surface area contributed by atoms with Crippen LogP contribution in [-0.4, -0.2) is 37.2 Å². The lowest BCUT2D eigenvalue weighted by atomic mass is 10.2. The summed E-state index contributed by atoms with van der Waals surface area (Å²) in [6.45, 7) is 11.9. The molecule has 3 heteroatoms. The Morgan fingerprint density at radius 3 is 2.32 bits per heavy atom. The van der Waals surface area contributed by atoms with Crippen LogP contribution in [-0.2, 0) is 6.54 Å².